The third-order valence-electron chi connectivity index (χ3n) is 12.5. The Morgan fingerprint density at radius 3 is 0.698 bits per heavy atom. The summed E-state index contributed by atoms with van der Waals surface area (Å²) in [5, 5.41) is 0. The maximum Gasteiger partial charge on any atom is 2.00 e. The van der Waals surface area contributed by atoms with Gasteiger partial charge in [-0.05, 0) is 64.2 Å². The van der Waals surface area contributed by atoms with Gasteiger partial charge >= 0.3 is 52.9 Å². The molecule has 2 N–H and O–H groups in total. The van der Waals surface area contributed by atoms with Crippen LogP contribution >= 0.6 is 0 Å². The molecule has 0 aliphatic heterocycles. The molecule has 0 heterocycles. The maximum absolute atomic E-state index is 13.5. The van der Waals surface area contributed by atoms with Gasteiger partial charge in [0.05, 0.1) is 9.49 Å². The number of rotatable bonds is 11. The standard InChI is InChI=1S/5C8H12O3S.Al.Ca.H2O/c5*1-7-5-3-4-6-8(7,2)12(9,10)11;;;/h5*3-7H,1-2H3,(H,9,10,11);;;1H2/q;;;;;+3;+2;/p-5. The van der Waals surface area contributed by atoms with E-state index in [0.717, 1.165) is 0 Å². The summed E-state index contributed by atoms with van der Waals surface area (Å²) < 4.78 is 155. The van der Waals surface area contributed by atoms with E-state index in [2.05, 4.69) is 0 Å². The van der Waals surface area contributed by atoms with Crippen LogP contribution in [-0.4, -0.2) is 133 Å². The van der Waals surface area contributed by atoms with E-state index in [4.69, 9.17) is 9.70 Å². The molecule has 0 aromatic heterocycles. The van der Waals surface area contributed by atoms with Crippen LogP contribution in [0.4, 0.5) is 0 Å². The largest absolute Gasteiger partial charge is 2.00 e. The van der Waals surface area contributed by atoms with Crippen molar-refractivity contribution in [3.8, 4) is 0 Å². The Morgan fingerprint density at radius 1 is 0.381 bits per heavy atom. The van der Waals surface area contributed by atoms with Gasteiger partial charge in [-0.3, -0.25) is 0 Å². The molecule has 10 atom stereocenters. The zero-order valence-electron chi connectivity index (χ0n) is 36.9. The average Bonchev–Trinajstić information content (AvgIpc) is 3.13. The van der Waals surface area contributed by atoms with E-state index in [1.54, 1.807) is 108 Å². The second kappa shape index (κ2) is 21.8. The fourth-order valence-corrected chi connectivity index (χ4v) is 16.4. The van der Waals surface area contributed by atoms with Crippen LogP contribution in [0.5, 0.6) is 0 Å². The molecule has 0 aromatic rings. The first-order valence-corrected chi connectivity index (χ1v) is 27.6. The van der Waals surface area contributed by atoms with Gasteiger partial charge in [0.2, 0.25) is 0 Å². The minimum Gasteiger partial charge on any atom is -0.747 e. The van der Waals surface area contributed by atoms with Crippen molar-refractivity contribution >= 4 is 103 Å². The Bertz CT molecular complexity index is 2300. The molecule has 0 aromatic carbocycles. The predicted octanol–water partition coefficient (Wildman–Crippen LogP) is 4.47. The number of hydrogen-bond donors (Lipinski definition) is 0. The second-order valence-corrected chi connectivity index (χ2v) is 28.3. The monoisotopic (exact) mass is 1020 g/mol. The van der Waals surface area contributed by atoms with Gasteiger partial charge in [0.15, 0.2) is 0 Å². The fourth-order valence-electron chi connectivity index (χ4n) is 6.33. The third kappa shape index (κ3) is 12.6. The average molecular weight is 1020 g/mol. The Balaban J connectivity index is 0.000000621. The summed E-state index contributed by atoms with van der Waals surface area (Å²) in [6.45, 7) is 15.5. The minimum absolute atomic E-state index is 0. The molecule has 0 spiro atoms. The molecule has 16 nitrogen and oxygen atoms in total. The van der Waals surface area contributed by atoms with Crippen molar-refractivity contribution in [1.29, 1.82) is 0 Å². The molecule has 348 valence electrons. The Labute approximate surface area is 410 Å². The van der Waals surface area contributed by atoms with Crippen LogP contribution in [0.2, 0.25) is 0 Å². The molecule has 5 aliphatic rings. The second-order valence-electron chi connectivity index (χ2n) is 16.4. The molecule has 0 radical (unpaired) electrons. The van der Waals surface area contributed by atoms with Gasteiger partial charge in [-0.1, -0.05) is 156 Å². The first kappa shape index (κ1) is 59.7. The molecule has 23 heteroatoms. The first-order valence-electron chi connectivity index (χ1n) is 19.2. The zero-order chi connectivity index (χ0) is 46.7. The van der Waals surface area contributed by atoms with Crippen LogP contribution in [0.15, 0.2) is 122 Å². The van der Waals surface area contributed by atoms with Crippen molar-refractivity contribution in [2.75, 3.05) is 0 Å². The van der Waals surface area contributed by atoms with Crippen molar-refractivity contribution in [3.63, 3.8) is 0 Å². The molecule has 0 saturated carbocycles. The van der Waals surface area contributed by atoms with E-state index in [1.807, 2.05) is 0 Å². The quantitative estimate of drug-likeness (QED) is 0.204. The summed E-state index contributed by atoms with van der Waals surface area (Å²) in [6, 6.07) is 0. The summed E-state index contributed by atoms with van der Waals surface area (Å²) >= 11 is -4.47. The topological polar surface area (TPSA) is 276 Å². The van der Waals surface area contributed by atoms with Crippen molar-refractivity contribution in [1.82, 2.24) is 0 Å². The molecule has 10 unspecified atom stereocenters. The van der Waals surface area contributed by atoms with Crippen molar-refractivity contribution in [2.24, 2.45) is 29.6 Å². The van der Waals surface area contributed by atoms with Gasteiger partial charge in [0.25, 0.3) is 30.4 Å². The van der Waals surface area contributed by atoms with Gasteiger partial charge in [-0.25, -0.2) is 42.1 Å². The van der Waals surface area contributed by atoms with E-state index >= 15 is 0 Å². The first-order chi connectivity index (χ1) is 27.7. The normalized spacial score (nSPS) is 34.4. The maximum atomic E-state index is 13.5. The van der Waals surface area contributed by atoms with Gasteiger partial charge in [-0.2, -0.15) is 0 Å². The third-order valence-corrected chi connectivity index (χ3v) is 25.4. The van der Waals surface area contributed by atoms with Crippen LogP contribution in [0, 0.1) is 29.6 Å². The van der Waals surface area contributed by atoms with Crippen LogP contribution in [0.25, 0.3) is 0 Å². The summed E-state index contributed by atoms with van der Waals surface area (Å²) in [7, 11) is -22.4. The van der Waals surface area contributed by atoms with Crippen LogP contribution in [0.1, 0.15) is 69.2 Å². The number of hydrogen-bond acceptors (Lipinski definition) is 15. The van der Waals surface area contributed by atoms with Gasteiger partial charge in [-0.15, -0.1) is 0 Å². The summed E-state index contributed by atoms with van der Waals surface area (Å²) in [6.07, 6.45) is 31.8. The molecule has 5 aliphatic carbocycles. The molecular weight excluding hydrogens is 964 g/mol. The Kier molecular flexibility index (Phi) is 20.6. The number of allylic oxidation sites excluding steroid dienone is 15. The molecule has 5 rings (SSSR count). The molecule has 63 heavy (non-hydrogen) atoms. The van der Waals surface area contributed by atoms with Gasteiger partial charge in [0.1, 0.15) is 34.5 Å². The van der Waals surface area contributed by atoms with Crippen LogP contribution < -0.4 is 0 Å². The Morgan fingerprint density at radius 2 is 0.556 bits per heavy atom. The van der Waals surface area contributed by atoms with E-state index in [9.17, 15) is 51.2 Å². The molecular formula is C40H57AlCaO16S5. The van der Waals surface area contributed by atoms with Crippen molar-refractivity contribution in [2.45, 2.75) is 93.0 Å². The fraction of sp³-hybridized carbons (Fsp3) is 0.500. The van der Waals surface area contributed by atoms with Crippen LogP contribution in [0.3, 0.4) is 0 Å². The van der Waals surface area contributed by atoms with E-state index < -0.39 is 107 Å². The van der Waals surface area contributed by atoms with Crippen LogP contribution in [-0.2, 0) is 60.3 Å². The van der Waals surface area contributed by atoms with E-state index in [-0.39, 0.29) is 55.1 Å². The molecule has 0 bridgehead atoms. The summed E-state index contributed by atoms with van der Waals surface area (Å²) in [5.41, 5.74) is 0. The summed E-state index contributed by atoms with van der Waals surface area (Å²) in [4.78, 5) is 0. The minimum atomic E-state index is -4.62. The molecule has 0 amide bonds. The molecule has 0 fully saturated rings. The molecule has 0 saturated heterocycles. The van der Waals surface area contributed by atoms with Gasteiger partial charge < -0.3 is 24.3 Å². The van der Waals surface area contributed by atoms with Crippen molar-refractivity contribution in [3.05, 3.63) is 122 Å². The Hall–Kier alpha value is -1.30. The van der Waals surface area contributed by atoms with Crippen molar-refractivity contribution < 1.29 is 66.4 Å². The smallest absolute Gasteiger partial charge is 0.747 e. The van der Waals surface area contributed by atoms with E-state index in [1.165, 1.54) is 83.2 Å². The van der Waals surface area contributed by atoms with E-state index in [0.29, 0.717) is 0 Å². The summed E-state index contributed by atoms with van der Waals surface area (Å²) in [5.74, 6) is -2.19. The van der Waals surface area contributed by atoms with Gasteiger partial charge in [0, 0.05) is 0 Å². The predicted molar refractivity (Wildman–Crippen MR) is 244 cm³/mol. The SMILES string of the molecule is CC1C=CC=CC1(C)S(=O)(=O)[O-].CC1C=CC=CC1(C)S(=O)(=O)[O-].CC1C=CC=CC1(C)S(=O)(=O)[O][Al]([O]S(=O)(=O)C1(C)C=CC=CC1C)[O]S(=O)(=O)C1(C)C=CC=CC1C.O.[Ca+2]. The zero-order valence-corrected chi connectivity index (χ0v) is 44.3.